The minimum absolute atomic E-state index is 0.0618. The maximum atomic E-state index is 13.6. The van der Waals surface area contributed by atoms with E-state index in [0.717, 1.165) is 13.4 Å². The standard InChI is InChI=1S/C28H25IN2O5/c1-4-35-24-17-19(16-23(29)25(24)36-18(2)3)15-22-26(32)30(20-11-7-5-8-12-20)28(34)31(27(22)33)21-13-9-6-10-14-21/h5-18H,4H2,1-3H3. The summed E-state index contributed by atoms with van der Waals surface area (Å²) in [5.41, 5.74) is 1.18. The summed E-state index contributed by atoms with van der Waals surface area (Å²) >= 11 is 2.14. The topological polar surface area (TPSA) is 76.2 Å². The number of ether oxygens (including phenoxy) is 2. The van der Waals surface area contributed by atoms with E-state index in [-0.39, 0.29) is 11.7 Å². The number of amides is 4. The molecule has 0 N–H and O–H groups in total. The minimum atomic E-state index is -0.732. The minimum Gasteiger partial charge on any atom is -0.490 e. The van der Waals surface area contributed by atoms with Gasteiger partial charge < -0.3 is 9.47 Å². The van der Waals surface area contributed by atoms with Crippen molar-refractivity contribution in [2.45, 2.75) is 26.9 Å². The van der Waals surface area contributed by atoms with Gasteiger partial charge in [0.25, 0.3) is 11.8 Å². The number of rotatable bonds is 7. The predicted octanol–water partition coefficient (Wildman–Crippen LogP) is 6.06. The highest BCUT2D eigenvalue weighted by Crippen LogP contribution is 2.36. The molecule has 0 aromatic heterocycles. The van der Waals surface area contributed by atoms with Crippen LogP contribution in [-0.4, -0.2) is 30.6 Å². The van der Waals surface area contributed by atoms with Gasteiger partial charge in [0.1, 0.15) is 5.57 Å². The summed E-state index contributed by atoms with van der Waals surface area (Å²) in [5, 5.41) is 0. The van der Waals surface area contributed by atoms with Gasteiger partial charge in [0, 0.05) is 0 Å². The first-order valence-corrected chi connectivity index (χ1v) is 12.6. The zero-order valence-corrected chi connectivity index (χ0v) is 22.3. The van der Waals surface area contributed by atoms with Crippen LogP contribution in [0, 0.1) is 3.57 Å². The molecular weight excluding hydrogens is 571 g/mol. The van der Waals surface area contributed by atoms with Crippen molar-refractivity contribution in [2.75, 3.05) is 16.4 Å². The highest BCUT2D eigenvalue weighted by molar-refractivity contribution is 14.1. The smallest absolute Gasteiger partial charge is 0.343 e. The first kappa shape index (κ1) is 25.4. The lowest BCUT2D eigenvalue weighted by Gasteiger charge is -2.34. The number of halogens is 1. The Hall–Kier alpha value is -3.66. The molecule has 0 aliphatic carbocycles. The van der Waals surface area contributed by atoms with Crippen molar-refractivity contribution in [3.05, 3.63) is 87.5 Å². The molecule has 1 aliphatic rings. The third-order valence-corrected chi connectivity index (χ3v) is 6.08. The largest absolute Gasteiger partial charge is 0.490 e. The maximum Gasteiger partial charge on any atom is 0.343 e. The van der Waals surface area contributed by atoms with Gasteiger partial charge in [0.2, 0.25) is 0 Å². The van der Waals surface area contributed by atoms with E-state index < -0.39 is 17.8 Å². The van der Waals surface area contributed by atoms with Gasteiger partial charge in [0.15, 0.2) is 11.5 Å². The molecule has 4 amide bonds. The van der Waals surface area contributed by atoms with Gasteiger partial charge in [-0.1, -0.05) is 36.4 Å². The summed E-state index contributed by atoms with van der Waals surface area (Å²) < 4.78 is 12.5. The molecule has 3 aromatic carbocycles. The third kappa shape index (κ3) is 5.13. The lowest BCUT2D eigenvalue weighted by atomic mass is 10.0. The monoisotopic (exact) mass is 596 g/mol. The number of anilines is 2. The number of carbonyl (C=O) groups is 3. The van der Waals surface area contributed by atoms with Crippen LogP contribution in [0.5, 0.6) is 11.5 Å². The van der Waals surface area contributed by atoms with Gasteiger partial charge in [-0.15, -0.1) is 0 Å². The van der Waals surface area contributed by atoms with Crippen molar-refractivity contribution in [3.63, 3.8) is 0 Å². The second-order valence-corrected chi connectivity index (χ2v) is 9.38. The van der Waals surface area contributed by atoms with Crippen LogP contribution in [-0.2, 0) is 9.59 Å². The average Bonchev–Trinajstić information content (AvgIpc) is 2.85. The molecule has 4 rings (SSSR count). The number of benzene rings is 3. The predicted molar refractivity (Wildman–Crippen MR) is 147 cm³/mol. The lowest BCUT2D eigenvalue weighted by Crippen LogP contribution is -2.57. The Balaban J connectivity index is 1.85. The number of para-hydroxylation sites is 2. The molecule has 7 nitrogen and oxygen atoms in total. The molecule has 1 saturated heterocycles. The summed E-state index contributed by atoms with van der Waals surface area (Å²) in [4.78, 5) is 42.6. The molecular formula is C28H25IN2O5. The van der Waals surface area contributed by atoms with Crippen LogP contribution in [0.3, 0.4) is 0 Å². The van der Waals surface area contributed by atoms with Gasteiger partial charge in [-0.2, -0.15) is 0 Å². The fourth-order valence-corrected chi connectivity index (χ4v) is 4.54. The maximum absolute atomic E-state index is 13.6. The number of nitrogens with zero attached hydrogens (tertiary/aromatic N) is 2. The van der Waals surface area contributed by atoms with Gasteiger partial charge in [0.05, 0.1) is 27.7 Å². The van der Waals surface area contributed by atoms with Crippen molar-refractivity contribution < 1.29 is 23.9 Å². The second-order valence-electron chi connectivity index (χ2n) is 8.22. The molecule has 0 spiro atoms. The molecule has 1 fully saturated rings. The van der Waals surface area contributed by atoms with Gasteiger partial charge in [-0.3, -0.25) is 9.59 Å². The number of hydrogen-bond acceptors (Lipinski definition) is 5. The molecule has 0 saturated carbocycles. The summed E-state index contributed by atoms with van der Waals surface area (Å²) in [6.45, 7) is 6.13. The SMILES string of the molecule is CCOc1cc(C=C2C(=O)N(c3ccccc3)C(=O)N(c3ccccc3)C2=O)cc(I)c1OC(C)C. The van der Waals surface area contributed by atoms with Crippen molar-refractivity contribution in [2.24, 2.45) is 0 Å². The van der Waals surface area contributed by atoms with Crippen molar-refractivity contribution in [1.82, 2.24) is 0 Å². The highest BCUT2D eigenvalue weighted by atomic mass is 127. The van der Waals surface area contributed by atoms with Crippen molar-refractivity contribution in [1.29, 1.82) is 0 Å². The van der Waals surface area contributed by atoms with E-state index in [9.17, 15) is 14.4 Å². The van der Waals surface area contributed by atoms with Crippen LogP contribution in [0.15, 0.2) is 78.4 Å². The van der Waals surface area contributed by atoms with E-state index >= 15 is 0 Å². The quantitative estimate of drug-likeness (QED) is 0.188. The summed E-state index contributed by atoms with van der Waals surface area (Å²) in [6.07, 6.45) is 1.43. The van der Waals surface area contributed by atoms with Crippen molar-refractivity contribution >= 4 is 57.9 Å². The van der Waals surface area contributed by atoms with Crippen LogP contribution in [0.2, 0.25) is 0 Å². The summed E-state index contributed by atoms with van der Waals surface area (Å²) in [7, 11) is 0. The number of barbiturate groups is 1. The number of hydrogen-bond donors (Lipinski definition) is 0. The molecule has 0 bridgehead atoms. The highest BCUT2D eigenvalue weighted by Gasteiger charge is 2.43. The number of carbonyl (C=O) groups excluding carboxylic acids is 3. The van der Waals surface area contributed by atoms with Crippen LogP contribution >= 0.6 is 22.6 Å². The van der Waals surface area contributed by atoms with Crippen LogP contribution in [0.25, 0.3) is 6.08 Å². The molecule has 8 heteroatoms. The average molecular weight is 596 g/mol. The lowest BCUT2D eigenvalue weighted by molar-refractivity contribution is -0.121. The van der Waals surface area contributed by atoms with Crippen molar-refractivity contribution in [3.8, 4) is 11.5 Å². The molecule has 0 atom stereocenters. The van der Waals surface area contributed by atoms with Gasteiger partial charge in [-0.25, -0.2) is 14.6 Å². The van der Waals surface area contributed by atoms with Crippen LogP contribution in [0.4, 0.5) is 16.2 Å². The Morgan fingerprint density at radius 3 is 1.86 bits per heavy atom. The van der Waals surface area contributed by atoms with E-state index in [1.54, 1.807) is 66.7 Å². The first-order chi connectivity index (χ1) is 17.3. The van der Waals surface area contributed by atoms with Crippen LogP contribution in [0.1, 0.15) is 26.3 Å². The summed E-state index contributed by atoms with van der Waals surface area (Å²) in [6, 6.07) is 19.9. The molecule has 0 radical (unpaired) electrons. The molecule has 36 heavy (non-hydrogen) atoms. The van der Waals surface area contributed by atoms with E-state index in [1.807, 2.05) is 26.8 Å². The number of imide groups is 2. The van der Waals surface area contributed by atoms with Gasteiger partial charge in [-0.05, 0) is 91.4 Å². The second kappa shape index (κ2) is 10.9. The van der Waals surface area contributed by atoms with E-state index in [0.29, 0.717) is 35.0 Å². The Kier molecular flexibility index (Phi) is 7.73. The fourth-order valence-electron chi connectivity index (χ4n) is 3.79. The van der Waals surface area contributed by atoms with E-state index in [4.69, 9.17) is 9.47 Å². The summed E-state index contributed by atoms with van der Waals surface area (Å²) in [5.74, 6) is -0.280. The fraction of sp³-hybridized carbons (Fsp3) is 0.179. The molecule has 0 unspecified atom stereocenters. The Morgan fingerprint density at radius 2 is 1.39 bits per heavy atom. The molecule has 184 valence electrons. The number of urea groups is 1. The van der Waals surface area contributed by atoms with Crippen LogP contribution < -0.4 is 19.3 Å². The normalized spacial score (nSPS) is 13.9. The first-order valence-electron chi connectivity index (χ1n) is 11.5. The zero-order chi connectivity index (χ0) is 25.8. The molecule has 1 heterocycles. The Bertz CT molecular complexity index is 1260. The molecule has 3 aromatic rings. The third-order valence-electron chi connectivity index (χ3n) is 5.27. The molecule has 1 aliphatic heterocycles. The zero-order valence-electron chi connectivity index (χ0n) is 20.1. The van der Waals surface area contributed by atoms with Gasteiger partial charge >= 0.3 is 6.03 Å². The van der Waals surface area contributed by atoms with E-state index in [1.165, 1.54) is 6.08 Å². The Morgan fingerprint density at radius 1 is 0.861 bits per heavy atom. The Labute approximate surface area is 223 Å². The van der Waals surface area contributed by atoms with E-state index in [2.05, 4.69) is 22.6 Å².